The Morgan fingerprint density at radius 3 is 2.76 bits per heavy atom. The normalized spacial score (nSPS) is 24.9. The Labute approximate surface area is 106 Å². The van der Waals surface area contributed by atoms with Gasteiger partial charge in [0.15, 0.2) is 11.6 Å². The Morgan fingerprint density at radius 2 is 2.06 bits per heavy atom. The van der Waals surface area contributed by atoms with Crippen LogP contribution in [-0.2, 0) is 0 Å². The lowest BCUT2D eigenvalue weighted by Crippen LogP contribution is -2.14. The Hall–Kier alpha value is -0.630. The fraction of sp³-hybridized carbons (Fsp3) is 0.571. The van der Waals surface area contributed by atoms with E-state index in [0.717, 1.165) is 31.2 Å². The lowest BCUT2D eigenvalue weighted by molar-refractivity contribution is 0.314. The van der Waals surface area contributed by atoms with Gasteiger partial charge in [0.05, 0.1) is 5.02 Å². The molecule has 0 radical (unpaired) electrons. The van der Waals surface area contributed by atoms with Crippen LogP contribution in [0.3, 0.4) is 0 Å². The second-order valence-corrected chi connectivity index (χ2v) is 5.28. The van der Waals surface area contributed by atoms with Gasteiger partial charge in [-0.25, -0.2) is 8.78 Å². The van der Waals surface area contributed by atoms with Crippen LogP contribution >= 0.6 is 11.6 Å². The van der Waals surface area contributed by atoms with Gasteiger partial charge < -0.3 is 0 Å². The van der Waals surface area contributed by atoms with Crippen molar-refractivity contribution in [2.75, 3.05) is 0 Å². The number of hydrogen-bond donors (Lipinski definition) is 0. The molecule has 0 amide bonds. The maximum Gasteiger partial charge on any atom is 0.177 e. The van der Waals surface area contributed by atoms with E-state index in [1.165, 1.54) is 12.5 Å². The third kappa shape index (κ3) is 2.62. The van der Waals surface area contributed by atoms with Crippen LogP contribution in [0, 0.1) is 17.6 Å². The Morgan fingerprint density at radius 1 is 1.29 bits per heavy atom. The smallest absolute Gasteiger partial charge is 0.177 e. The predicted molar refractivity (Wildman–Crippen MR) is 66.4 cm³/mol. The first kappa shape index (κ1) is 12.8. The van der Waals surface area contributed by atoms with Crippen LogP contribution in [0.2, 0.25) is 5.02 Å². The van der Waals surface area contributed by atoms with Crippen molar-refractivity contribution in [3.05, 3.63) is 34.4 Å². The van der Waals surface area contributed by atoms with Gasteiger partial charge in [0.1, 0.15) is 0 Å². The van der Waals surface area contributed by atoms with E-state index in [1.807, 2.05) is 0 Å². The lowest BCUT2D eigenvalue weighted by atomic mass is 9.77. The highest BCUT2D eigenvalue weighted by molar-refractivity contribution is 6.31. The largest absolute Gasteiger partial charge is 0.204 e. The quantitative estimate of drug-likeness (QED) is 0.631. The molecule has 3 heteroatoms. The lowest BCUT2D eigenvalue weighted by Gasteiger charge is -2.29. The first-order valence-electron chi connectivity index (χ1n) is 6.26. The topological polar surface area (TPSA) is 0 Å². The molecule has 1 aliphatic rings. The molecule has 2 rings (SSSR count). The zero-order valence-corrected chi connectivity index (χ0v) is 10.7. The van der Waals surface area contributed by atoms with Crippen LogP contribution in [-0.4, -0.2) is 0 Å². The molecular weight excluding hydrogens is 242 g/mol. The highest BCUT2D eigenvalue weighted by atomic mass is 35.5. The van der Waals surface area contributed by atoms with Gasteiger partial charge in [0, 0.05) is 0 Å². The van der Waals surface area contributed by atoms with E-state index in [4.69, 9.17) is 11.6 Å². The number of benzene rings is 1. The molecule has 1 saturated carbocycles. The Bertz CT molecular complexity index is 403. The van der Waals surface area contributed by atoms with Gasteiger partial charge in [-0.15, -0.1) is 0 Å². The molecule has 1 aliphatic carbocycles. The van der Waals surface area contributed by atoms with Crippen molar-refractivity contribution in [3.8, 4) is 0 Å². The molecule has 1 fully saturated rings. The minimum Gasteiger partial charge on any atom is -0.204 e. The molecule has 0 spiro atoms. The summed E-state index contributed by atoms with van der Waals surface area (Å²) in [5.74, 6) is -0.779. The maximum atomic E-state index is 13.4. The molecule has 2 atom stereocenters. The number of hydrogen-bond acceptors (Lipinski definition) is 0. The van der Waals surface area contributed by atoms with Crippen LogP contribution < -0.4 is 0 Å². The van der Waals surface area contributed by atoms with E-state index in [9.17, 15) is 8.78 Å². The van der Waals surface area contributed by atoms with E-state index in [0.29, 0.717) is 5.92 Å². The van der Waals surface area contributed by atoms with Crippen molar-refractivity contribution in [2.24, 2.45) is 5.92 Å². The summed E-state index contributed by atoms with van der Waals surface area (Å²) in [5, 5.41) is -0.0215. The van der Waals surface area contributed by atoms with Crippen molar-refractivity contribution < 1.29 is 8.78 Å². The van der Waals surface area contributed by atoms with Crippen LogP contribution in [0.1, 0.15) is 50.5 Å². The van der Waals surface area contributed by atoms with Crippen LogP contribution in [0.4, 0.5) is 8.78 Å². The number of rotatable bonds is 2. The second-order valence-electron chi connectivity index (χ2n) is 4.90. The predicted octanol–water partition coefficient (Wildman–Crippen LogP) is 5.30. The second kappa shape index (κ2) is 5.34. The molecule has 0 saturated heterocycles. The summed E-state index contributed by atoms with van der Waals surface area (Å²) in [5.41, 5.74) is 0.781. The summed E-state index contributed by atoms with van der Waals surface area (Å²) in [6, 6.07) is 2.83. The minimum absolute atomic E-state index is 0.0215. The van der Waals surface area contributed by atoms with Gasteiger partial charge in [-0.2, -0.15) is 0 Å². The molecule has 17 heavy (non-hydrogen) atoms. The summed E-state index contributed by atoms with van der Waals surface area (Å²) >= 11 is 5.91. The summed E-state index contributed by atoms with van der Waals surface area (Å²) in [6.45, 7) is 2.18. The van der Waals surface area contributed by atoms with Gasteiger partial charge in [0.2, 0.25) is 0 Å². The first-order chi connectivity index (χ1) is 8.13. The Balaban J connectivity index is 2.25. The molecule has 0 aliphatic heterocycles. The SMILES string of the molecule is CC[C@H]1CCC[C@@H](c2ccc(F)c(F)c2Cl)C1. The summed E-state index contributed by atoms with van der Waals surface area (Å²) in [6.07, 6.45) is 5.62. The minimum atomic E-state index is -0.900. The van der Waals surface area contributed by atoms with Gasteiger partial charge in [-0.1, -0.05) is 43.9 Å². The fourth-order valence-electron chi connectivity index (χ4n) is 2.80. The standard InChI is InChI=1S/C14H17ClF2/c1-2-9-4-3-5-10(8-9)11-6-7-12(16)14(17)13(11)15/h6-7,9-10H,2-5,8H2,1H3/t9-,10+/m0/s1. The molecule has 94 valence electrons. The average molecular weight is 259 g/mol. The molecule has 1 aromatic carbocycles. The van der Waals surface area contributed by atoms with Crippen molar-refractivity contribution in [2.45, 2.75) is 44.9 Å². The van der Waals surface area contributed by atoms with Crippen molar-refractivity contribution in [1.82, 2.24) is 0 Å². The average Bonchev–Trinajstić information content (AvgIpc) is 2.36. The van der Waals surface area contributed by atoms with E-state index < -0.39 is 11.6 Å². The highest BCUT2D eigenvalue weighted by Crippen LogP contribution is 2.40. The summed E-state index contributed by atoms with van der Waals surface area (Å²) in [7, 11) is 0. The number of halogens is 3. The van der Waals surface area contributed by atoms with Crippen molar-refractivity contribution in [1.29, 1.82) is 0 Å². The molecule has 0 aromatic heterocycles. The van der Waals surface area contributed by atoms with Crippen LogP contribution in [0.5, 0.6) is 0 Å². The van der Waals surface area contributed by atoms with Crippen molar-refractivity contribution in [3.63, 3.8) is 0 Å². The molecule has 0 heterocycles. The van der Waals surface area contributed by atoms with E-state index in [1.54, 1.807) is 6.07 Å². The van der Waals surface area contributed by atoms with E-state index in [-0.39, 0.29) is 10.9 Å². The molecule has 0 nitrogen and oxygen atoms in total. The van der Waals surface area contributed by atoms with Crippen LogP contribution in [0.25, 0.3) is 0 Å². The first-order valence-corrected chi connectivity index (χ1v) is 6.64. The van der Waals surface area contributed by atoms with Crippen LogP contribution in [0.15, 0.2) is 12.1 Å². The Kier molecular flexibility index (Phi) is 4.03. The molecular formula is C14H17ClF2. The molecule has 0 unspecified atom stereocenters. The molecule has 0 N–H and O–H groups in total. The molecule has 0 bridgehead atoms. The fourth-order valence-corrected chi connectivity index (χ4v) is 3.11. The van der Waals surface area contributed by atoms with Gasteiger partial charge in [-0.3, -0.25) is 0 Å². The van der Waals surface area contributed by atoms with Gasteiger partial charge in [0.25, 0.3) is 0 Å². The third-order valence-electron chi connectivity index (χ3n) is 3.87. The molecule has 1 aromatic rings. The zero-order valence-electron chi connectivity index (χ0n) is 9.98. The zero-order chi connectivity index (χ0) is 12.4. The monoisotopic (exact) mass is 258 g/mol. The van der Waals surface area contributed by atoms with Crippen molar-refractivity contribution >= 4 is 11.6 Å². The third-order valence-corrected chi connectivity index (χ3v) is 4.25. The van der Waals surface area contributed by atoms with E-state index >= 15 is 0 Å². The maximum absolute atomic E-state index is 13.4. The van der Waals surface area contributed by atoms with Gasteiger partial charge in [-0.05, 0) is 36.3 Å². The van der Waals surface area contributed by atoms with E-state index in [2.05, 4.69) is 6.92 Å². The summed E-state index contributed by atoms with van der Waals surface area (Å²) < 4.78 is 26.4. The highest BCUT2D eigenvalue weighted by Gasteiger charge is 2.25. The summed E-state index contributed by atoms with van der Waals surface area (Å²) in [4.78, 5) is 0. The van der Waals surface area contributed by atoms with Gasteiger partial charge >= 0.3 is 0 Å².